The van der Waals surface area contributed by atoms with E-state index in [2.05, 4.69) is 0 Å². The van der Waals surface area contributed by atoms with Gasteiger partial charge in [-0.05, 0) is 0 Å². The summed E-state index contributed by atoms with van der Waals surface area (Å²) in [7, 11) is 0. The Morgan fingerprint density at radius 3 is 1.25 bits per heavy atom. The Bertz CT molecular complexity index is 27.0. The van der Waals surface area contributed by atoms with E-state index < -0.39 is 15.3 Å². The zero-order chi connectivity index (χ0) is 2.71. The molecule has 0 radical (unpaired) electrons. The quantitative estimate of drug-likeness (QED) is 0.414. The van der Waals surface area contributed by atoms with Crippen molar-refractivity contribution in [3.05, 3.63) is 0 Å². The molecule has 0 rings (SSSR count). The molecule has 0 aliphatic rings. The van der Waals surface area contributed by atoms with Crippen LogP contribution in [0.1, 0.15) is 0 Å². The fraction of sp³-hybridized carbons (Fsp3) is 0. The molecule has 2 nitrogen and oxygen atoms in total. The molecular weight excluding hydrogens is 180 g/mol. The van der Waals surface area contributed by atoms with Crippen molar-refractivity contribution in [2.75, 3.05) is 0 Å². The second-order valence-corrected chi connectivity index (χ2v) is 0.433. The van der Waals surface area contributed by atoms with Gasteiger partial charge in [-0.3, -0.25) is 0 Å². The van der Waals surface area contributed by atoms with Gasteiger partial charge in [0.25, 0.3) is 0 Å². The Kier molecular flexibility index (Phi) is 20.6. The molecule has 0 N–H and O–H groups in total. The summed E-state index contributed by atoms with van der Waals surface area (Å²) in [6.45, 7) is 0. The van der Waals surface area contributed by atoms with E-state index in [1.165, 1.54) is 0 Å². The molecule has 1 atom stereocenters. The third-order valence-corrected chi connectivity index (χ3v) is 0. The second kappa shape index (κ2) is 9.33. The van der Waals surface area contributed by atoms with E-state index in [4.69, 9.17) is 7.56 Å². The summed E-state index contributed by atoms with van der Waals surface area (Å²) in [6, 6.07) is 0. The average Bonchev–Trinajstić information content (AvgIpc) is 0.918. The standard InChI is InChI=1S/AsH3.GeO2/c;2-1-3/h1H3;. The Morgan fingerprint density at radius 2 is 1.25 bits per heavy atom. The minimum absolute atomic E-state index is 0. The van der Waals surface area contributed by atoms with Crippen LogP contribution in [0.3, 0.4) is 0 Å². The third kappa shape index (κ3) is 15.9. The van der Waals surface area contributed by atoms with Gasteiger partial charge in [0, 0.05) is 0 Å². The predicted octanol–water partition coefficient (Wildman–Crippen LogP) is -1.80. The van der Waals surface area contributed by atoms with Crippen LogP contribution < -0.4 is 0 Å². The topological polar surface area (TPSA) is 34.1 Å². The first-order valence-electron chi connectivity index (χ1n) is 0.408. The SMILES string of the molecule is [AsH3].[O]=[Ge]=[O]. The van der Waals surface area contributed by atoms with Gasteiger partial charge in [-0.25, -0.2) is 0 Å². The van der Waals surface area contributed by atoms with E-state index in [1.807, 2.05) is 0 Å². The molecular formula is H3AsGeO2. The third-order valence-electron chi connectivity index (χ3n) is 0. The molecule has 0 saturated heterocycles. The Labute approximate surface area is 41.2 Å². The molecule has 0 aromatic rings. The average molecular weight is 183 g/mol. The van der Waals surface area contributed by atoms with Crippen LogP contribution in [0.2, 0.25) is 0 Å². The summed E-state index contributed by atoms with van der Waals surface area (Å²) >= 11 is -2.00. The van der Waals surface area contributed by atoms with E-state index in [-0.39, 0.29) is 18.0 Å². The summed E-state index contributed by atoms with van der Waals surface area (Å²) in [5.74, 6) is 0. The van der Waals surface area contributed by atoms with E-state index in [9.17, 15) is 0 Å². The molecule has 4 heteroatoms. The van der Waals surface area contributed by atoms with Crippen molar-refractivity contribution in [1.82, 2.24) is 0 Å². The first-order chi connectivity index (χ1) is 1.41. The summed E-state index contributed by atoms with van der Waals surface area (Å²) in [5, 5.41) is 0. The van der Waals surface area contributed by atoms with Crippen LogP contribution in [0.4, 0.5) is 0 Å². The molecule has 0 heterocycles. The van der Waals surface area contributed by atoms with Crippen molar-refractivity contribution in [3.8, 4) is 0 Å². The van der Waals surface area contributed by atoms with Gasteiger partial charge in [0.05, 0.1) is 0 Å². The van der Waals surface area contributed by atoms with Crippen LogP contribution >= 0.6 is 0 Å². The van der Waals surface area contributed by atoms with Crippen LogP contribution in [-0.4, -0.2) is 33.3 Å². The van der Waals surface area contributed by atoms with Crippen molar-refractivity contribution in [1.29, 1.82) is 0 Å². The number of rotatable bonds is 0. The maximum atomic E-state index is 8.50. The fourth-order valence-corrected chi connectivity index (χ4v) is 0. The van der Waals surface area contributed by atoms with Gasteiger partial charge >= 0.3 is 40.8 Å². The zero-order valence-corrected chi connectivity index (χ0v) is 7.09. The second-order valence-electron chi connectivity index (χ2n) is 0.0833. The van der Waals surface area contributed by atoms with E-state index >= 15 is 0 Å². The molecule has 0 saturated carbocycles. The van der Waals surface area contributed by atoms with Crippen LogP contribution in [0.5, 0.6) is 0 Å². The van der Waals surface area contributed by atoms with E-state index in [0.29, 0.717) is 0 Å². The van der Waals surface area contributed by atoms with Gasteiger partial charge < -0.3 is 0 Å². The van der Waals surface area contributed by atoms with Crippen LogP contribution in [0, 0.1) is 0 Å². The molecule has 0 aliphatic heterocycles. The van der Waals surface area contributed by atoms with Gasteiger partial charge in [-0.1, -0.05) is 0 Å². The van der Waals surface area contributed by atoms with E-state index in [1.54, 1.807) is 0 Å². The summed E-state index contributed by atoms with van der Waals surface area (Å²) in [5.41, 5.74) is 0. The van der Waals surface area contributed by atoms with E-state index in [0.717, 1.165) is 0 Å². The van der Waals surface area contributed by atoms with Crippen molar-refractivity contribution in [2.45, 2.75) is 0 Å². The summed E-state index contributed by atoms with van der Waals surface area (Å²) in [6.07, 6.45) is 0. The molecule has 0 amide bonds. The minimum atomic E-state index is -2.00. The van der Waals surface area contributed by atoms with Crippen molar-refractivity contribution < 1.29 is 7.56 Å². The normalized spacial score (nSPS) is 2.00. The molecule has 4 heavy (non-hydrogen) atoms. The fourth-order valence-electron chi connectivity index (χ4n) is 0. The van der Waals surface area contributed by atoms with Gasteiger partial charge in [0.2, 0.25) is 0 Å². The van der Waals surface area contributed by atoms with Crippen molar-refractivity contribution in [3.63, 3.8) is 0 Å². The predicted molar refractivity (Wildman–Crippen MR) is 17.1 cm³/mol. The van der Waals surface area contributed by atoms with Gasteiger partial charge in [0.1, 0.15) is 0 Å². The molecule has 0 aliphatic carbocycles. The van der Waals surface area contributed by atoms with Crippen molar-refractivity contribution in [2.24, 2.45) is 0 Å². The number of hydrogen-bond donors (Lipinski definition) is 0. The first kappa shape index (κ1) is 8.83. The number of hydrogen-bond acceptors (Lipinski definition) is 2. The first-order valence-corrected chi connectivity index (χ1v) is 2.12. The van der Waals surface area contributed by atoms with Gasteiger partial charge in [-0.15, -0.1) is 0 Å². The molecule has 0 aromatic carbocycles. The monoisotopic (exact) mass is 184 g/mol. The van der Waals surface area contributed by atoms with Crippen LogP contribution in [0.25, 0.3) is 0 Å². The summed E-state index contributed by atoms with van der Waals surface area (Å²) in [4.78, 5) is 0. The van der Waals surface area contributed by atoms with Crippen LogP contribution in [-0.2, 0) is 7.56 Å². The molecule has 0 aromatic heterocycles. The molecule has 1 unspecified atom stereocenters. The van der Waals surface area contributed by atoms with Gasteiger partial charge in [0.15, 0.2) is 0 Å². The Hall–Kier alpha value is 0.701. The van der Waals surface area contributed by atoms with Crippen LogP contribution in [0.15, 0.2) is 0 Å². The maximum absolute atomic E-state index is 8.50. The Balaban J connectivity index is 0. The van der Waals surface area contributed by atoms with Gasteiger partial charge in [-0.2, -0.15) is 0 Å². The zero-order valence-electron chi connectivity index (χ0n) is 2.02. The summed E-state index contributed by atoms with van der Waals surface area (Å²) < 4.78 is 17.0. The molecule has 24 valence electrons. The van der Waals surface area contributed by atoms with Crippen molar-refractivity contribution >= 4 is 33.3 Å². The Morgan fingerprint density at radius 1 is 1.25 bits per heavy atom. The molecule has 0 bridgehead atoms. The molecule has 0 spiro atoms. The molecule has 0 fully saturated rings.